The van der Waals surface area contributed by atoms with E-state index in [0.29, 0.717) is 11.6 Å². The summed E-state index contributed by atoms with van der Waals surface area (Å²) < 4.78 is 81.0. The third-order valence-corrected chi connectivity index (χ3v) is 6.20. The van der Waals surface area contributed by atoms with E-state index in [9.17, 15) is 31.1 Å². The molecule has 0 unspecified atom stereocenters. The molecule has 2 amide bonds. The quantitative estimate of drug-likeness (QED) is 0.496. The topological polar surface area (TPSA) is 74.6 Å². The largest absolute Gasteiger partial charge is 0.433 e. The summed E-state index contributed by atoms with van der Waals surface area (Å²) in [5.41, 5.74) is -2.42. The van der Waals surface area contributed by atoms with Gasteiger partial charge in [-0.2, -0.15) is 22.8 Å². The average molecular weight is 498 g/mol. The predicted molar refractivity (Wildman–Crippen MR) is 113 cm³/mol. The van der Waals surface area contributed by atoms with Gasteiger partial charge in [0.2, 0.25) is 0 Å². The standard InChI is InChI=1S/C22H20F6N6O/c23-13-3-1-12(2-4-13)21(10-33(11-21)20(35)30-14-5-6-14)9-29-17-8-16(22(26,27)28)31-18-7-15(19(24)25)32-34(17)18/h1-4,7-8,14,19,29H,5-6,9-11H2,(H,30,35). The van der Waals surface area contributed by atoms with Crippen molar-refractivity contribution in [2.75, 3.05) is 25.0 Å². The van der Waals surface area contributed by atoms with Crippen LogP contribution in [0.25, 0.3) is 5.65 Å². The van der Waals surface area contributed by atoms with Gasteiger partial charge in [-0.15, -0.1) is 0 Å². The van der Waals surface area contributed by atoms with Gasteiger partial charge in [0, 0.05) is 43.2 Å². The lowest BCUT2D eigenvalue weighted by atomic mass is 9.73. The number of anilines is 1. The molecule has 0 spiro atoms. The smallest absolute Gasteiger partial charge is 0.369 e. The van der Waals surface area contributed by atoms with E-state index in [2.05, 4.69) is 20.7 Å². The highest BCUT2D eigenvalue weighted by Gasteiger charge is 2.47. The van der Waals surface area contributed by atoms with Gasteiger partial charge >= 0.3 is 12.2 Å². The first-order valence-electron chi connectivity index (χ1n) is 10.9. The summed E-state index contributed by atoms with van der Waals surface area (Å²) in [6.45, 7) is 0.490. The maximum atomic E-state index is 13.5. The number of nitrogens with one attached hydrogen (secondary N) is 2. The lowest BCUT2D eigenvalue weighted by molar-refractivity contribution is -0.141. The van der Waals surface area contributed by atoms with E-state index in [1.165, 1.54) is 12.1 Å². The van der Waals surface area contributed by atoms with Crippen LogP contribution >= 0.6 is 0 Å². The lowest BCUT2D eigenvalue weighted by Crippen LogP contribution is -2.66. The molecular formula is C22H20F6N6O. The molecule has 1 aliphatic carbocycles. The first-order valence-corrected chi connectivity index (χ1v) is 10.9. The summed E-state index contributed by atoms with van der Waals surface area (Å²) in [6.07, 6.45) is -5.98. The van der Waals surface area contributed by atoms with Crippen molar-refractivity contribution in [2.24, 2.45) is 0 Å². The number of carbonyl (C=O) groups excluding carboxylic acids is 1. The van der Waals surface area contributed by atoms with Crippen molar-refractivity contribution in [1.29, 1.82) is 0 Å². The Morgan fingerprint density at radius 1 is 1.14 bits per heavy atom. The van der Waals surface area contributed by atoms with Gasteiger partial charge in [0.05, 0.1) is 0 Å². The Kier molecular flexibility index (Phi) is 5.52. The van der Waals surface area contributed by atoms with Crippen molar-refractivity contribution in [3.63, 3.8) is 0 Å². The Balaban J connectivity index is 1.45. The fraction of sp³-hybridized carbons (Fsp3) is 0.409. The summed E-state index contributed by atoms with van der Waals surface area (Å²) in [5, 5.41) is 9.46. The van der Waals surface area contributed by atoms with Crippen LogP contribution in [0.4, 0.5) is 37.0 Å². The van der Waals surface area contributed by atoms with Gasteiger partial charge in [0.1, 0.15) is 17.3 Å². The van der Waals surface area contributed by atoms with E-state index >= 15 is 0 Å². The molecule has 2 N–H and O–H groups in total. The molecule has 2 fully saturated rings. The van der Waals surface area contributed by atoms with Crippen LogP contribution in [0.5, 0.6) is 0 Å². The third kappa shape index (κ3) is 4.58. The van der Waals surface area contributed by atoms with E-state index in [-0.39, 0.29) is 43.2 Å². The number of hydrogen-bond donors (Lipinski definition) is 2. The zero-order valence-corrected chi connectivity index (χ0v) is 18.1. The van der Waals surface area contributed by atoms with Crippen molar-refractivity contribution in [2.45, 2.75) is 36.9 Å². The molecule has 186 valence electrons. The molecule has 1 aliphatic heterocycles. The molecule has 0 radical (unpaired) electrons. The number of hydrogen-bond acceptors (Lipinski definition) is 4. The minimum Gasteiger partial charge on any atom is -0.369 e. The molecule has 35 heavy (non-hydrogen) atoms. The number of urea groups is 1. The van der Waals surface area contributed by atoms with Crippen LogP contribution in [0.2, 0.25) is 0 Å². The SMILES string of the molecule is O=C(NC1CC1)N1CC(CNc2cc(C(F)(F)F)nc3cc(C(F)F)nn23)(c2ccc(F)cc2)C1. The van der Waals surface area contributed by atoms with E-state index in [1.807, 2.05) is 0 Å². The van der Waals surface area contributed by atoms with Gasteiger partial charge in [-0.3, -0.25) is 0 Å². The first-order chi connectivity index (χ1) is 16.5. The number of alkyl halides is 5. The molecule has 3 heterocycles. The van der Waals surface area contributed by atoms with Crippen molar-refractivity contribution >= 4 is 17.5 Å². The van der Waals surface area contributed by atoms with Crippen molar-refractivity contribution in [3.8, 4) is 0 Å². The van der Waals surface area contributed by atoms with Gasteiger partial charge in [-0.1, -0.05) is 12.1 Å². The molecule has 7 nitrogen and oxygen atoms in total. The molecule has 0 atom stereocenters. The Morgan fingerprint density at radius 3 is 2.43 bits per heavy atom. The van der Waals surface area contributed by atoms with Gasteiger partial charge < -0.3 is 15.5 Å². The number of nitrogens with zero attached hydrogens (tertiary/aromatic N) is 4. The number of likely N-dealkylation sites (tertiary alicyclic amines) is 1. The highest BCUT2D eigenvalue weighted by Crippen LogP contribution is 2.37. The molecule has 0 bridgehead atoms. The number of benzene rings is 1. The monoisotopic (exact) mass is 498 g/mol. The van der Waals surface area contributed by atoms with Crippen LogP contribution in [0.1, 0.15) is 36.2 Å². The van der Waals surface area contributed by atoms with Crippen LogP contribution in [-0.2, 0) is 11.6 Å². The molecule has 13 heteroatoms. The first kappa shape index (κ1) is 23.2. The molecular weight excluding hydrogens is 478 g/mol. The minimum atomic E-state index is -4.81. The number of amides is 2. The maximum Gasteiger partial charge on any atom is 0.433 e. The highest BCUT2D eigenvalue weighted by molar-refractivity contribution is 5.76. The molecule has 1 saturated carbocycles. The van der Waals surface area contributed by atoms with Crippen LogP contribution in [0, 0.1) is 5.82 Å². The summed E-state index contributed by atoms with van der Waals surface area (Å²) >= 11 is 0. The van der Waals surface area contributed by atoms with Gasteiger partial charge in [-0.25, -0.2) is 22.9 Å². The second-order valence-electron chi connectivity index (χ2n) is 8.88. The molecule has 2 aliphatic rings. The van der Waals surface area contributed by atoms with Crippen molar-refractivity contribution in [1.82, 2.24) is 24.8 Å². The minimum absolute atomic E-state index is 0.0339. The number of rotatable bonds is 6. The third-order valence-electron chi connectivity index (χ3n) is 6.20. The Labute approximate surface area is 195 Å². The Hall–Kier alpha value is -3.51. The summed E-state index contributed by atoms with van der Waals surface area (Å²) in [6, 6.07) is 7.04. The fourth-order valence-corrected chi connectivity index (χ4v) is 4.15. The van der Waals surface area contributed by atoms with E-state index in [4.69, 9.17) is 0 Å². The van der Waals surface area contributed by atoms with Gasteiger partial charge in [-0.05, 0) is 30.5 Å². The summed E-state index contributed by atoms with van der Waals surface area (Å²) in [5.74, 6) is -0.641. The van der Waals surface area contributed by atoms with Gasteiger partial charge in [0.25, 0.3) is 6.43 Å². The van der Waals surface area contributed by atoms with E-state index in [0.717, 1.165) is 23.4 Å². The summed E-state index contributed by atoms with van der Waals surface area (Å²) in [4.78, 5) is 17.4. The molecule has 2 aromatic heterocycles. The molecule has 3 aromatic rings. The molecule has 1 aromatic carbocycles. The van der Waals surface area contributed by atoms with Crippen LogP contribution in [0.15, 0.2) is 36.4 Å². The number of halogens is 6. The highest BCUT2D eigenvalue weighted by atomic mass is 19.4. The Bertz CT molecular complexity index is 1250. The molecule has 5 rings (SSSR count). The molecule has 1 saturated heterocycles. The predicted octanol–water partition coefficient (Wildman–Crippen LogP) is 4.36. The van der Waals surface area contributed by atoms with Crippen molar-refractivity contribution in [3.05, 3.63) is 59.2 Å². The second-order valence-corrected chi connectivity index (χ2v) is 8.88. The Morgan fingerprint density at radius 2 is 1.83 bits per heavy atom. The van der Waals surface area contributed by atoms with Crippen LogP contribution in [-0.4, -0.2) is 51.2 Å². The normalized spacial score (nSPS) is 17.5. The number of fused-ring (bicyclic) bond motifs is 1. The number of aromatic nitrogens is 3. The van der Waals surface area contributed by atoms with Crippen LogP contribution in [0.3, 0.4) is 0 Å². The second kappa shape index (κ2) is 8.31. The van der Waals surface area contributed by atoms with E-state index in [1.54, 1.807) is 17.0 Å². The fourth-order valence-electron chi connectivity index (χ4n) is 4.15. The zero-order chi connectivity index (χ0) is 25.0. The average Bonchev–Trinajstić information content (AvgIpc) is 3.46. The van der Waals surface area contributed by atoms with Gasteiger partial charge in [0.15, 0.2) is 11.3 Å². The lowest BCUT2D eigenvalue weighted by Gasteiger charge is -2.50. The number of carbonyl (C=O) groups is 1. The van der Waals surface area contributed by atoms with E-state index < -0.39 is 35.2 Å². The van der Waals surface area contributed by atoms with Crippen molar-refractivity contribution < 1.29 is 31.1 Å². The summed E-state index contributed by atoms with van der Waals surface area (Å²) in [7, 11) is 0. The van der Waals surface area contributed by atoms with Crippen LogP contribution < -0.4 is 10.6 Å². The zero-order valence-electron chi connectivity index (χ0n) is 18.1. The maximum absolute atomic E-state index is 13.5.